The first-order valence-corrected chi connectivity index (χ1v) is 11.2. The summed E-state index contributed by atoms with van der Waals surface area (Å²) < 4.78 is 38.1. The number of thiazole rings is 1. The number of nitrogens with zero attached hydrogens (tertiary/aromatic N) is 2. The molecule has 0 saturated heterocycles. The number of rotatable bonds is 5. The van der Waals surface area contributed by atoms with E-state index in [0.717, 1.165) is 10.2 Å². The lowest BCUT2D eigenvalue weighted by Crippen LogP contribution is -2.14. The number of carbonyl (C=O) groups is 1. The summed E-state index contributed by atoms with van der Waals surface area (Å²) in [6, 6.07) is 12.0. The molecule has 9 heteroatoms. The van der Waals surface area contributed by atoms with Gasteiger partial charge in [-0.1, -0.05) is 29.5 Å². The van der Waals surface area contributed by atoms with Gasteiger partial charge in [-0.3, -0.25) is 4.79 Å². The summed E-state index contributed by atoms with van der Waals surface area (Å²) in [5, 5.41) is 0. The molecular formula is C19H18N2O5S2. The predicted molar refractivity (Wildman–Crippen MR) is 105 cm³/mol. The molecule has 0 saturated carbocycles. The third kappa shape index (κ3) is 3.67. The molecule has 0 unspecified atom stereocenters. The van der Waals surface area contributed by atoms with Crippen molar-refractivity contribution in [2.45, 2.75) is 17.7 Å². The van der Waals surface area contributed by atoms with Crippen LogP contribution in [0.4, 0.5) is 0 Å². The first kappa shape index (κ1) is 18.7. The Bertz CT molecular complexity index is 1210. The van der Waals surface area contributed by atoms with Gasteiger partial charge in [-0.05, 0) is 18.6 Å². The number of carbonyl (C=O) groups excluding carboxylic acids is 1. The second-order valence-electron chi connectivity index (χ2n) is 6.36. The Labute approximate surface area is 165 Å². The summed E-state index contributed by atoms with van der Waals surface area (Å²) in [5.74, 6) is 0.923. The minimum Gasteiger partial charge on any atom is -0.454 e. The van der Waals surface area contributed by atoms with Crippen LogP contribution in [0.2, 0.25) is 0 Å². The van der Waals surface area contributed by atoms with Crippen LogP contribution in [0.15, 0.2) is 52.4 Å². The van der Waals surface area contributed by atoms with Crippen LogP contribution in [-0.2, 0) is 21.7 Å². The lowest BCUT2D eigenvalue weighted by Gasteiger charge is -2.02. The largest absolute Gasteiger partial charge is 0.454 e. The molecule has 1 aromatic heterocycles. The maximum atomic E-state index is 12.3. The smallest absolute Gasteiger partial charge is 0.248 e. The van der Waals surface area contributed by atoms with E-state index in [9.17, 15) is 13.2 Å². The molecule has 4 rings (SSSR count). The highest BCUT2D eigenvalue weighted by Gasteiger charge is 2.17. The second-order valence-corrected chi connectivity index (χ2v) is 9.48. The standard InChI is InChI=1S/C19H18N2O5S2/c1-21-14-10-15-16(26-12-25-15)11-17(14)27-19(21)20-18(22)8-5-9-28(23,24)13-6-3-2-4-7-13/h2-4,6-7,10-11H,5,8-9,12H2,1H3. The SMILES string of the molecule is Cn1c(=NC(=O)CCCS(=O)(=O)c2ccccc2)sc2cc3c(cc21)OCO3. The van der Waals surface area contributed by atoms with Gasteiger partial charge >= 0.3 is 0 Å². The Morgan fingerprint density at radius 1 is 1.18 bits per heavy atom. The van der Waals surface area contributed by atoms with Crippen LogP contribution in [0.1, 0.15) is 12.8 Å². The van der Waals surface area contributed by atoms with Gasteiger partial charge in [0, 0.05) is 25.6 Å². The van der Waals surface area contributed by atoms with Crippen molar-refractivity contribution in [3.8, 4) is 11.5 Å². The Morgan fingerprint density at radius 2 is 1.89 bits per heavy atom. The van der Waals surface area contributed by atoms with Gasteiger partial charge in [-0.15, -0.1) is 0 Å². The quantitative estimate of drug-likeness (QED) is 0.636. The summed E-state index contributed by atoms with van der Waals surface area (Å²) >= 11 is 1.38. The van der Waals surface area contributed by atoms with E-state index in [1.807, 2.05) is 23.7 Å². The molecule has 7 nitrogen and oxygen atoms in total. The Morgan fingerprint density at radius 3 is 2.64 bits per heavy atom. The van der Waals surface area contributed by atoms with Gasteiger partial charge in [-0.2, -0.15) is 4.99 Å². The lowest BCUT2D eigenvalue weighted by molar-refractivity contribution is -0.118. The zero-order valence-electron chi connectivity index (χ0n) is 15.1. The van der Waals surface area contributed by atoms with E-state index in [0.29, 0.717) is 16.3 Å². The van der Waals surface area contributed by atoms with Crippen molar-refractivity contribution in [1.29, 1.82) is 0 Å². The molecule has 146 valence electrons. The molecule has 0 atom stereocenters. The molecule has 1 aliphatic rings. The second kappa shape index (κ2) is 7.40. The summed E-state index contributed by atoms with van der Waals surface area (Å²) in [5.41, 5.74) is 0.896. The number of ether oxygens (including phenoxy) is 2. The molecule has 1 aliphatic heterocycles. The van der Waals surface area contributed by atoms with Crippen LogP contribution in [0.5, 0.6) is 11.5 Å². The average molecular weight is 418 g/mol. The van der Waals surface area contributed by atoms with Gasteiger partial charge < -0.3 is 14.0 Å². The highest BCUT2D eigenvalue weighted by atomic mass is 32.2. The molecule has 0 aliphatic carbocycles. The zero-order valence-corrected chi connectivity index (χ0v) is 16.8. The number of amides is 1. The monoisotopic (exact) mass is 418 g/mol. The summed E-state index contributed by atoms with van der Waals surface area (Å²) in [6.07, 6.45) is 0.299. The number of hydrogen-bond donors (Lipinski definition) is 0. The van der Waals surface area contributed by atoms with Crippen molar-refractivity contribution >= 4 is 37.3 Å². The third-order valence-corrected chi connectivity index (χ3v) is 7.34. The van der Waals surface area contributed by atoms with E-state index >= 15 is 0 Å². The lowest BCUT2D eigenvalue weighted by atomic mass is 10.3. The Hall–Kier alpha value is -2.65. The van der Waals surface area contributed by atoms with E-state index in [1.165, 1.54) is 11.3 Å². The fourth-order valence-electron chi connectivity index (χ4n) is 2.95. The molecule has 2 aromatic carbocycles. The number of hydrogen-bond acceptors (Lipinski definition) is 6. The fraction of sp³-hybridized carbons (Fsp3) is 0.263. The molecule has 0 bridgehead atoms. The molecule has 0 radical (unpaired) electrons. The van der Waals surface area contributed by atoms with Crippen molar-refractivity contribution in [3.05, 3.63) is 47.3 Å². The number of aryl methyl sites for hydroxylation is 1. The van der Waals surface area contributed by atoms with Crippen molar-refractivity contribution in [1.82, 2.24) is 4.57 Å². The molecule has 0 N–H and O–H groups in total. The van der Waals surface area contributed by atoms with E-state index in [1.54, 1.807) is 30.3 Å². The van der Waals surface area contributed by atoms with Crippen LogP contribution in [0.25, 0.3) is 10.2 Å². The average Bonchev–Trinajstić information content (AvgIpc) is 3.25. The molecule has 0 spiro atoms. The third-order valence-electron chi connectivity index (χ3n) is 4.43. The van der Waals surface area contributed by atoms with Crippen LogP contribution >= 0.6 is 11.3 Å². The van der Waals surface area contributed by atoms with Gasteiger partial charge in [0.1, 0.15) is 0 Å². The Balaban J connectivity index is 1.47. The van der Waals surface area contributed by atoms with Crippen LogP contribution in [0.3, 0.4) is 0 Å². The number of benzene rings is 2. The van der Waals surface area contributed by atoms with Gasteiger partial charge in [0.25, 0.3) is 0 Å². The molecule has 28 heavy (non-hydrogen) atoms. The van der Waals surface area contributed by atoms with Crippen LogP contribution < -0.4 is 14.3 Å². The maximum absolute atomic E-state index is 12.3. The fourth-order valence-corrected chi connectivity index (χ4v) is 5.32. The van der Waals surface area contributed by atoms with Gasteiger partial charge in [-0.25, -0.2) is 8.42 Å². The minimum atomic E-state index is -3.39. The minimum absolute atomic E-state index is 0.0725. The summed E-state index contributed by atoms with van der Waals surface area (Å²) in [4.78, 5) is 17.2. The zero-order chi connectivity index (χ0) is 19.7. The normalized spacial score (nSPS) is 14.0. The van der Waals surface area contributed by atoms with Crippen LogP contribution in [0, 0.1) is 0 Å². The summed E-state index contributed by atoms with van der Waals surface area (Å²) in [6.45, 7) is 0.206. The van der Waals surface area contributed by atoms with Gasteiger partial charge in [0.2, 0.25) is 12.7 Å². The Kier molecular flexibility index (Phi) is 4.94. The van der Waals surface area contributed by atoms with Crippen molar-refractivity contribution in [3.63, 3.8) is 0 Å². The van der Waals surface area contributed by atoms with Crippen molar-refractivity contribution in [2.75, 3.05) is 12.5 Å². The molecular weight excluding hydrogens is 400 g/mol. The number of sulfone groups is 1. The van der Waals surface area contributed by atoms with Crippen molar-refractivity contribution < 1.29 is 22.7 Å². The van der Waals surface area contributed by atoms with E-state index in [-0.39, 0.29) is 36.2 Å². The molecule has 1 amide bonds. The first-order valence-electron chi connectivity index (χ1n) is 8.68. The van der Waals surface area contributed by atoms with E-state index < -0.39 is 9.84 Å². The first-order chi connectivity index (χ1) is 13.4. The summed E-state index contributed by atoms with van der Waals surface area (Å²) in [7, 11) is -1.56. The topological polar surface area (TPSA) is 87.0 Å². The van der Waals surface area contributed by atoms with Gasteiger partial charge in [0.05, 0.1) is 20.9 Å². The number of fused-ring (bicyclic) bond motifs is 2. The van der Waals surface area contributed by atoms with E-state index in [4.69, 9.17) is 9.47 Å². The highest BCUT2D eigenvalue weighted by molar-refractivity contribution is 7.91. The molecule has 3 aromatic rings. The predicted octanol–water partition coefficient (Wildman–Crippen LogP) is 2.65. The maximum Gasteiger partial charge on any atom is 0.248 e. The molecule has 0 fully saturated rings. The van der Waals surface area contributed by atoms with E-state index in [2.05, 4.69) is 4.99 Å². The molecule has 2 heterocycles. The van der Waals surface area contributed by atoms with Crippen LogP contribution in [-0.4, -0.2) is 31.4 Å². The van der Waals surface area contributed by atoms with Crippen molar-refractivity contribution in [2.24, 2.45) is 12.0 Å². The number of aromatic nitrogens is 1. The van der Waals surface area contributed by atoms with Gasteiger partial charge in [0.15, 0.2) is 26.1 Å². The highest BCUT2D eigenvalue weighted by Crippen LogP contribution is 2.36.